The van der Waals surface area contributed by atoms with Gasteiger partial charge in [-0.15, -0.1) is 0 Å². The van der Waals surface area contributed by atoms with Crippen LogP contribution >= 0.6 is 0 Å². The largest absolute Gasteiger partial charge is 0.382 e. The Morgan fingerprint density at radius 3 is 2.93 bits per heavy atom. The van der Waals surface area contributed by atoms with Crippen molar-refractivity contribution in [1.29, 1.82) is 0 Å². The lowest BCUT2D eigenvalue weighted by Crippen LogP contribution is -2.17. The van der Waals surface area contributed by atoms with Crippen molar-refractivity contribution in [3.8, 4) is 0 Å². The Morgan fingerprint density at radius 2 is 2.27 bits per heavy atom. The van der Waals surface area contributed by atoms with E-state index in [4.69, 9.17) is 5.73 Å². The molecule has 0 saturated heterocycles. The van der Waals surface area contributed by atoms with E-state index in [2.05, 4.69) is 30.3 Å². The minimum absolute atomic E-state index is 0.576. The Morgan fingerprint density at radius 1 is 1.53 bits per heavy atom. The van der Waals surface area contributed by atoms with Gasteiger partial charge in [-0.3, -0.25) is 0 Å². The molecule has 2 heterocycles. The van der Waals surface area contributed by atoms with Crippen molar-refractivity contribution >= 4 is 5.82 Å². The first-order valence-electron chi connectivity index (χ1n) is 5.94. The molecule has 1 aliphatic rings. The van der Waals surface area contributed by atoms with E-state index in [1.807, 2.05) is 0 Å². The van der Waals surface area contributed by atoms with Gasteiger partial charge in [-0.1, -0.05) is 20.8 Å². The lowest BCUT2D eigenvalue weighted by atomic mass is 9.98. The smallest absolute Gasteiger partial charge is 0.145 e. The fourth-order valence-corrected chi connectivity index (χ4v) is 2.52. The Kier molecular flexibility index (Phi) is 2.72. The predicted molar refractivity (Wildman–Crippen MR) is 62.8 cm³/mol. The average molecular weight is 207 g/mol. The molecule has 0 saturated carbocycles. The summed E-state index contributed by atoms with van der Waals surface area (Å²) in [7, 11) is 0. The third kappa shape index (κ3) is 1.87. The average Bonchev–Trinajstić information content (AvgIpc) is 2.44. The molecular formula is C12H21N3. The van der Waals surface area contributed by atoms with Crippen molar-refractivity contribution in [1.82, 2.24) is 9.55 Å². The van der Waals surface area contributed by atoms with Gasteiger partial charge in [-0.25, -0.2) is 4.98 Å². The number of nitrogen functional groups attached to an aromatic ring is 1. The van der Waals surface area contributed by atoms with Crippen LogP contribution in [0.3, 0.4) is 0 Å². The summed E-state index contributed by atoms with van der Waals surface area (Å²) in [5, 5.41) is 0. The van der Waals surface area contributed by atoms with Crippen LogP contribution in [0.1, 0.15) is 51.0 Å². The Bertz CT molecular complexity index is 352. The SMILES string of the molecule is CC(C)Cc1nc(N)c2n1CCCC2C. The van der Waals surface area contributed by atoms with E-state index < -0.39 is 0 Å². The first-order chi connectivity index (χ1) is 7.09. The third-order valence-electron chi connectivity index (χ3n) is 3.19. The fraction of sp³-hybridized carbons (Fsp3) is 0.750. The van der Waals surface area contributed by atoms with E-state index in [-0.39, 0.29) is 0 Å². The van der Waals surface area contributed by atoms with Crippen LogP contribution in [-0.2, 0) is 13.0 Å². The maximum Gasteiger partial charge on any atom is 0.145 e. The highest BCUT2D eigenvalue weighted by molar-refractivity contribution is 5.40. The number of nitrogens with zero attached hydrogens (tertiary/aromatic N) is 2. The maximum absolute atomic E-state index is 6.00. The number of imidazole rings is 1. The van der Waals surface area contributed by atoms with Crippen LogP contribution in [0.5, 0.6) is 0 Å². The second-order valence-corrected chi connectivity index (χ2v) is 5.09. The topological polar surface area (TPSA) is 43.8 Å². The van der Waals surface area contributed by atoms with Crippen LogP contribution in [0.15, 0.2) is 0 Å². The normalized spacial score (nSPS) is 20.7. The number of anilines is 1. The number of rotatable bonds is 2. The Labute approximate surface area is 91.7 Å². The predicted octanol–water partition coefficient (Wildman–Crippen LogP) is 2.56. The minimum atomic E-state index is 0.576. The first-order valence-corrected chi connectivity index (χ1v) is 5.94. The molecule has 0 aliphatic carbocycles. The maximum atomic E-state index is 6.00. The monoisotopic (exact) mass is 207 g/mol. The summed E-state index contributed by atoms with van der Waals surface area (Å²) in [5.41, 5.74) is 7.27. The van der Waals surface area contributed by atoms with E-state index in [1.165, 1.54) is 24.4 Å². The molecule has 1 aliphatic heterocycles. The van der Waals surface area contributed by atoms with E-state index in [0.29, 0.717) is 11.8 Å². The van der Waals surface area contributed by atoms with Crippen LogP contribution in [-0.4, -0.2) is 9.55 Å². The van der Waals surface area contributed by atoms with Crippen LogP contribution < -0.4 is 5.73 Å². The second kappa shape index (κ2) is 3.87. The Hall–Kier alpha value is -0.990. The number of nitrogens with two attached hydrogens (primary N) is 1. The van der Waals surface area contributed by atoms with Gasteiger partial charge in [0.25, 0.3) is 0 Å². The van der Waals surface area contributed by atoms with E-state index in [1.54, 1.807) is 0 Å². The van der Waals surface area contributed by atoms with Crippen molar-refractivity contribution < 1.29 is 0 Å². The summed E-state index contributed by atoms with van der Waals surface area (Å²) in [5.74, 6) is 3.17. The number of aromatic nitrogens is 2. The lowest BCUT2D eigenvalue weighted by molar-refractivity contribution is 0.454. The molecule has 0 amide bonds. The van der Waals surface area contributed by atoms with Gasteiger partial charge < -0.3 is 10.3 Å². The van der Waals surface area contributed by atoms with Crippen molar-refractivity contribution in [2.75, 3.05) is 5.73 Å². The van der Waals surface area contributed by atoms with Gasteiger partial charge in [0.1, 0.15) is 11.6 Å². The van der Waals surface area contributed by atoms with Gasteiger partial charge in [0.05, 0.1) is 5.69 Å². The molecule has 1 unspecified atom stereocenters. The molecule has 2 N–H and O–H groups in total. The Balaban J connectivity index is 2.37. The molecule has 3 nitrogen and oxygen atoms in total. The molecule has 3 heteroatoms. The summed E-state index contributed by atoms with van der Waals surface area (Å²) in [6, 6.07) is 0. The van der Waals surface area contributed by atoms with Gasteiger partial charge in [-0.05, 0) is 18.8 Å². The number of fused-ring (bicyclic) bond motifs is 1. The molecule has 0 bridgehead atoms. The number of hydrogen-bond donors (Lipinski definition) is 1. The zero-order valence-electron chi connectivity index (χ0n) is 9.95. The first kappa shape index (κ1) is 10.5. The highest BCUT2D eigenvalue weighted by atomic mass is 15.1. The molecule has 0 spiro atoms. The lowest BCUT2D eigenvalue weighted by Gasteiger charge is -2.22. The van der Waals surface area contributed by atoms with Gasteiger partial charge >= 0.3 is 0 Å². The van der Waals surface area contributed by atoms with Crippen molar-refractivity contribution in [3.05, 3.63) is 11.5 Å². The molecule has 1 aromatic rings. The standard InChI is InChI=1S/C12H21N3/c1-8(2)7-10-14-12(13)11-9(3)5-4-6-15(10)11/h8-9H,4-7,13H2,1-3H3. The fourth-order valence-electron chi connectivity index (χ4n) is 2.52. The molecular weight excluding hydrogens is 186 g/mol. The summed E-state index contributed by atoms with van der Waals surface area (Å²) in [4.78, 5) is 4.52. The van der Waals surface area contributed by atoms with Crippen LogP contribution in [0.2, 0.25) is 0 Å². The van der Waals surface area contributed by atoms with Crippen LogP contribution in [0.4, 0.5) is 5.82 Å². The van der Waals surface area contributed by atoms with Crippen molar-refractivity contribution in [2.45, 2.75) is 52.5 Å². The highest BCUT2D eigenvalue weighted by Crippen LogP contribution is 2.32. The summed E-state index contributed by atoms with van der Waals surface area (Å²) >= 11 is 0. The van der Waals surface area contributed by atoms with Gasteiger partial charge in [0, 0.05) is 18.9 Å². The zero-order chi connectivity index (χ0) is 11.0. The van der Waals surface area contributed by atoms with Gasteiger partial charge in [0.15, 0.2) is 0 Å². The number of hydrogen-bond acceptors (Lipinski definition) is 2. The molecule has 0 aromatic carbocycles. The van der Waals surface area contributed by atoms with Crippen LogP contribution in [0, 0.1) is 5.92 Å². The second-order valence-electron chi connectivity index (χ2n) is 5.09. The molecule has 15 heavy (non-hydrogen) atoms. The van der Waals surface area contributed by atoms with Crippen molar-refractivity contribution in [3.63, 3.8) is 0 Å². The minimum Gasteiger partial charge on any atom is -0.382 e. The summed E-state index contributed by atoms with van der Waals surface area (Å²) in [6.07, 6.45) is 3.54. The molecule has 0 fully saturated rings. The van der Waals surface area contributed by atoms with Crippen LogP contribution in [0.25, 0.3) is 0 Å². The summed E-state index contributed by atoms with van der Waals surface area (Å²) in [6.45, 7) is 7.81. The van der Waals surface area contributed by atoms with Gasteiger partial charge in [-0.2, -0.15) is 0 Å². The van der Waals surface area contributed by atoms with E-state index >= 15 is 0 Å². The molecule has 1 atom stereocenters. The molecule has 84 valence electrons. The summed E-state index contributed by atoms with van der Waals surface area (Å²) < 4.78 is 2.35. The third-order valence-corrected chi connectivity index (χ3v) is 3.19. The van der Waals surface area contributed by atoms with Gasteiger partial charge in [0.2, 0.25) is 0 Å². The van der Waals surface area contributed by atoms with E-state index in [0.717, 1.165) is 18.8 Å². The molecule has 1 aromatic heterocycles. The molecule has 2 rings (SSSR count). The molecule has 0 radical (unpaired) electrons. The van der Waals surface area contributed by atoms with Crippen molar-refractivity contribution in [2.24, 2.45) is 5.92 Å². The highest BCUT2D eigenvalue weighted by Gasteiger charge is 2.23. The zero-order valence-corrected chi connectivity index (χ0v) is 9.95. The quantitative estimate of drug-likeness (QED) is 0.810. The van der Waals surface area contributed by atoms with E-state index in [9.17, 15) is 0 Å².